The lowest BCUT2D eigenvalue weighted by Gasteiger charge is -2.13. The van der Waals surface area contributed by atoms with E-state index < -0.39 is 9.84 Å². The predicted molar refractivity (Wildman–Crippen MR) is 79.2 cm³/mol. The third kappa shape index (κ3) is 3.86. The van der Waals surface area contributed by atoms with Crippen LogP contribution >= 0.6 is 11.6 Å². The van der Waals surface area contributed by atoms with Gasteiger partial charge in [-0.3, -0.25) is 4.79 Å². The number of carbonyl (C=O) groups excluding carboxylic acids is 1. The first kappa shape index (κ1) is 15.6. The molecule has 0 bridgehead atoms. The van der Waals surface area contributed by atoms with Crippen LogP contribution in [0.2, 0.25) is 5.22 Å². The van der Waals surface area contributed by atoms with E-state index in [0.29, 0.717) is 0 Å². The minimum Gasteiger partial charge on any atom is -0.440 e. The summed E-state index contributed by atoms with van der Waals surface area (Å²) < 4.78 is 27.8. The molecule has 1 heterocycles. The second-order valence-corrected chi connectivity index (χ2v) is 7.03. The second-order valence-electron chi connectivity index (χ2n) is 4.64. The van der Waals surface area contributed by atoms with Crippen molar-refractivity contribution in [3.63, 3.8) is 0 Å². The highest BCUT2D eigenvalue weighted by atomic mass is 35.5. The van der Waals surface area contributed by atoms with Gasteiger partial charge in [0.1, 0.15) is 0 Å². The van der Waals surface area contributed by atoms with E-state index in [1.807, 2.05) is 0 Å². The molecule has 1 atom stereocenters. The van der Waals surface area contributed by atoms with Gasteiger partial charge >= 0.3 is 0 Å². The Hall–Kier alpha value is -1.79. The van der Waals surface area contributed by atoms with Crippen molar-refractivity contribution >= 4 is 27.3 Å². The molecular formula is C14H14ClNO4S. The number of rotatable bonds is 4. The van der Waals surface area contributed by atoms with Crippen LogP contribution in [0.4, 0.5) is 0 Å². The molecule has 2 aromatic rings. The number of halogens is 1. The topological polar surface area (TPSA) is 76.4 Å². The zero-order chi connectivity index (χ0) is 15.6. The summed E-state index contributed by atoms with van der Waals surface area (Å²) in [6.07, 6.45) is 1.15. The molecule has 1 amide bonds. The lowest BCUT2D eigenvalue weighted by atomic mass is 10.1. The fourth-order valence-corrected chi connectivity index (χ4v) is 2.57. The Morgan fingerprint density at radius 2 is 1.81 bits per heavy atom. The number of amides is 1. The fraction of sp³-hybridized carbons (Fsp3) is 0.214. The number of sulfone groups is 1. The molecular weight excluding hydrogens is 314 g/mol. The quantitative estimate of drug-likeness (QED) is 0.936. The summed E-state index contributed by atoms with van der Waals surface area (Å²) >= 11 is 5.61. The van der Waals surface area contributed by atoms with Crippen molar-refractivity contribution in [2.45, 2.75) is 17.9 Å². The molecule has 1 N–H and O–H groups in total. The molecule has 0 radical (unpaired) electrons. The van der Waals surface area contributed by atoms with Gasteiger partial charge in [-0.05, 0) is 48.4 Å². The summed E-state index contributed by atoms with van der Waals surface area (Å²) in [5.41, 5.74) is 0.786. The predicted octanol–water partition coefficient (Wildman–Crippen LogP) is 2.83. The molecule has 0 aliphatic carbocycles. The first-order valence-corrected chi connectivity index (χ1v) is 8.40. The summed E-state index contributed by atoms with van der Waals surface area (Å²) in [5, 5.41) is 2.89. The minimum absolute atomic E-state index is 0.125. The van der Waals surface area contributed by atoms with Crippen LogP contribution in [0.15, 0.2) is 45.7 Å². The van der Waals surface area contributed by atoms with E-state index in [1.165, 1.54) is 24.3 Å². The van der Waals surface area contributed by atoms with Gasteiger partial charge in [-0.1, -0.05) is 12.1 Å². The van der Waals surface area contributed by atoms with Crippen molar-refractivity contribution in [1.82, 2.24) is 5.32 Å². The molecule has 21 heavy (non-hydrogen) atoms. The van der Waals surface area contributed by atoms with Gasteiger partial charge in [-0.25, -0.2) is 8.42 Å². The molecule has 0 fully saturated rings. The molecule has 0 spiro atoms. The van der Waals surface area contributed by atoms with Crippen molar-refractivity contribution in [2.75, 3.05) is 6.26 Å². The zero-order valence-electron chi connectivity index (χ0n) is 11.5. The Bertz CT molecular complexity index is 750. The fourth-order valence-electron chi connectivity index (χ4n) is 1.79. The van der Waals surface area contributed by atoms with Gasteiger partial charge in [0, 0.05) is 6.26 Å². The number of hydrogen-bond acceptors (Lipinski definition) is 4. The maximum Gasteiger partial charge on any atom is 0.287 e. The van der Waals surface area contributed by atoms with E-state index in [0.717, 1.165) is 11.8 Å². The van der Waals surface area contributed by atoms with E-state index >= 15 is 0 Å². The minimum atomic E-state index is -3.23. The van der Waals surface area contributed by atoms with Crippen molar-refractivity contribution in [3.8, 4) is 0 Å². The number of benzene rings is 1. The van der Waals surface area contributed by atoms with Crippen LogP contribution in [0.1, 0.15) is 29.1 Å². The molecule has 0 aliphatic heterocycles. The van der Waals surface area contributed by atoms with Gasteiger partial charge in [0.05, 0.1) is 10.9 Å². The van der Waals surface area contributed by atoms with Gasteiger partial charge in [0.15, 0.2) is 20.8 Å². The summed E-state index contributed by atoms with van der Waals surface area (Å²) in [5.74, 6) is -0.263. The van der Waals surface area contributed by atoms with E-state index in [9.17, 15) is 13.2 Å². The van der Waals surface area contributed by atoms with Crippen LogP contribution in [0.3, 0.4) is 0 Å². The average molecular weight is 328 g/mol. The Labute approximate surface area is 127 Å². The molecule has 0 saturated carbocycles. The molecule has 0 aliphatic rings. The normalized spacial score (nSPS) is 12.9. The molecule has 0 saturated heterocycles. The van der Waals surface area contributed by atoms with Crippen LogP contribution in [-0.4, -0.2) is 20.6 Å². The molecule has 2 rings (SSSR count). The van der Waals surface area contributed by atoms with E-state index in [1.54, 1.807) is 19.1 Å². The van der Waals surface area contributed by atoms with Crippen LogP contribution < -0.4 is 5.32 Å². The standard InChI is InChI=1S/C14H14ClNO4S/c1-9(16-14(17)12-7-8-13(15)20-12)10-3-5-11(6-4-10)21(2,18)19/h3-9H,1-2H3,(H,16,17). The monoisotopic (exact) mass is 327 g/mol. The Balaban J connectivity index is 2.10. The van der Waals surface area contributed by atoms with Gasteiger partial charge < -0.3 is 9.73 Å². The summed E-state index contributed by atoms with van der Waals surface area (Å²) in [7, 11) is -3.23. The summed E-state index contributed by atoms with van der Waals surface area (Å²) in [6.45, 7) is 1.79. The number of furan rings is 1. The van der Waals surface area contributed by atoms with Crippen molar-refractivity contribution in [2.24, 2.45) is 0 Å². The van der Waals surface area contributed by atoms with E-state index in [2.05, 4.69) is 5.32 Å². The molecule has 1 aromatic heterocycles. The number of nitrogens with one attached hydrogen (secondary N) is 1. The van der Waals surface area contributed by atoms with Crippen molar-refractivity contribution < 1.29 is 17.6 Å². The summed E-state index contributed by atoms with van der Waals surface area (Å²) in [4.78, 5) is 12.1. The first-order chi connectivity index (χ1) is 9.77. The third-order valence-corrected chi connectivity index (χ3v) is 4.28. The SMILES string of the molecule is CC(NC(=O)c1ccc(Cl)o1)c1ccc(S(C)(=O)=O)cc1. The highest BCUT2D eigenvalue weighted by Gasteiger charge is 2.15. The van der Waals surface area contributed by atoms with Crippen LogP contribution in [0.25, 0.3) is 0 Å². The van der Waals surface area contributed by atoms with Crippen LogP contribution in [0.5, 0.6) is 0 Å². The van der Waals surface area contributed by atoms with Gasteiger partial charge in [0.2, 0.25) is 0 Å². The summed E-state index contributed by atoms with van der Waals surface area (Å²) in [6, 6.07) is 9.02. The van der Waals surface area contributed by atoms with Gasteiger partial charge in [-0.2, -0.15) is 0 Å². The second kappa shape index (κ2) is 5.91. The van der Waals surface area contributed by atoms with Crippen LogP contribution in [0, 0.1) is 0 Å². The largest absolute Gasteiger partial charge is 0.440 e. The van der Waals surface area contributed by atoms with Crippen molar-refractivity contribution in [1.29, 1.82) is 0 Å². The lowest BCUT2D eigenvalue weighted by Crippen LogP contribution is -2.26. The smallest absolute Gasteiger partial charge is 0.287 e. The number of carbonyl (C=O) groups is 1. The lowest BCUT2D eigenvalue weighted by molar-refractivity contribution is 0.0912. The molecule has 5 nitrogen and oxygen atoms in total. The molecule has 112 valence electrons. The molecule has 1 unspecified atom stereocenters. The van der Waals surface area contributed by atoms with E-state index in [4.69, 9.17) is 16.0 Å². The maximum absolute atomic E-state index is 11.9. The zero-order valence-corrected chi connectivity index (χ0v) is 13.0. The Morgan fingerprint density at radius 3 is 2.29 bits per heavy atom. The first-order valence-electron chi connectivity index (χ1n) is 6.13. The third-order valence-electron chi connectivity index (χ3n) is 2.95. The number of hydrogen-bond donors (Lipinski definition) is 1. The van der Waals surface area contributed by atoms with Gasteiger partial charge in [-0.15, -0.1) is 0 Å². The van der Waals surface area contributed by atoms with Gasteiger partial charge in [0.25, 0.3) is 5.91 Å². The highest BCUT2D eigenvalue weighted by molar-refractivity contribution is 7.90. The average Bonchev–Trinajstić information content (AvgIpc) is 2.84. The van der Waals surface area contributed by atoms with Crippen LogP contribution in [-0.2, 0) is 9.84 Å². The van der Waals surface area contributed by atoms with E-state index in [-0.39, 0.29) is 27.8 Å². The molecule has 1 aromatic carbocycles. The maximum atomic E-state index is 11.9. The highest BCUT2D eigenvalue weighted by Crippen LogP contribution is 2.18. The van der Waals surface area contributed by atoms with Crippen molar-refractivity contribution in [3.05, 3.63) is 52.9 Å². The molecule has 7 heteroatoms. The Morgan fingerprint density at radius 1 is 1.19 bits per heavy atom. The Kier molecular flexibility index (Phi) is 4.39.